The maximum atomic E-state index is 10.7. The molecule has 0 N–H and O–H groups in total. The molecule has 6 heteroatoms. The molecule has 31 heavy (non-hydrogen) atoms. The van der Waals surface area contributed by atoms with Crippen LogP contribution in [0.3, 0.4) is 0 Å². The van der Waals surface area contributed by atoms with E-state index < -0.39 is 0 Å². The maximum absolute atomic E-state index is 10.7. The standard InChI is InChI=1S/C25H27N3O3/c1-31-25-13-10-21(23-6-2-3-7-24(23)25)19-27-17-15-26(16-18-27)14-4-5-20-8-11-22(12-9-20)28(29)30/h2-13H,14-19H2,1H3/b5-4+. The van der Waals surface area contributed by atoms with Crippen molar-refractivity contribution in [1.29, 1.82) is 0 Å². The molecule has 0 unspecified atom stereocenters. The molecule has 0 amide bonds. The Morgan fingerprint density at radius 2 is 1.61 bits per heavy atom. The molecule has 0 aromatic heterocycles. The SMILES string of the molecule is COc1ccc(CN2CCN(C/C=C/c3ccc([N+](=O)[O-])cc3)CC2)c2ccccc12. The average Bonchev–Trinajstić information content (AvgIpc) is 2.81. The van der Waals surface area contributed by atoms with Crippen LogP contribution in [0, 0.1) is 10.1 Å². The zero-order chi connectivity index (χ0) is 21.6. The molecule has 4 rings (SSSR count). The number of benzene rings is 3. The van der Waals surface area contributed by atoms with Gasteiger partial charge in [-0.3, -0.25) is 19.9 Å². The van der Waals surface area contributed by atoms with E-state index in [0.29, 0.717) is 0 Å². The third-order valence-corrected chi connectivity index (χ3v) is 5.83. The van der Waals surface area contributed by atoms with Gasteiger partial charge in [0.15, 0.2) is 0 Å². The summed E-state index contributed by atoms with van der Waals surface area (Å²) in [6.07, 6.45) is 4.16. The second-order valence-electron chi connectivity index (χ2n) is 7.80. The van der Waals surface area contributed by atoms with Crippen LogP contribution in [0.5, 0.6) is 5.75 Å². The van der Waals surface area contributed by atoms with E-state index in [2.05, 4.69) is 52.3 Å². The summed E-state index contributed by atoms with van der Waals surface area (Å²) in [5.74, 6) is 0.920. The molecule has 0 saturated carbocycles. The largest absolute Gasteiger partial charge is 0.496 e. The molecular formula is C25H27N3O3. The van der Waals surface area contributed by atoms with Crippen molar-refractivity contribution >= 4 is 22.5 Å². The van der Waals surface area contributed by atoms with Gasteiger partial charge in [-0.2, -0.15) is 0 Å². The van der Waals surface area contributed by atoms with E-state index in [1.807, 2.05) is 6.08 Å². The Kier molecular flexibility index (Phi) is 6.60. The smallest absolute Gasteiger partial charge is 0.269 e. The number of non-ortho nitro benzene ring substituents is 1. The van der Waals surface area contributed by atoms with E-state index in [0.717, 1.165) is 56.0 Å². The van der Waals surface area contributed by atoms with Gasteiger partial charge in [-0.1, -0.05) is 42.5 Å². The third-order valence-electron chi connectivity index (χ3n) is 5.83. The molecule has 0 atom stereocenters. The van der Waals surface area contributed by atoms with Gasteiger partial charge in [0.1, 0.15) is 5.75 Å². The van der Waals surface area contributed by atoms with Crippen LogP contribution in [0.15, 0.2) is 66.7 Å². The van der Waals surface area contributed by atoms with Gasteiger partial charge in [0.2, 0.25) is 0 Å². The van der Waals surface area contributed by atoms with E-state index in [-0.39, 0.29) is 10.6 Å². The molecule has 0 bridgehead atoms. The van der Waals surface area contributed by atoms with Crippen molar-refractivity contribution in [2.24, 2.45) is 0 Å². The summed E-state index contributed by atoms with van der Waals surface area (Å²) in [6.45, 7) is 5.95. The lowest BCUT2D eigenvalue weighted by Crippen LogP contribution is -2.45. The molecule has 3 aromatic carbocycles. The lowest BCUT2D eigenvalue weighted by molar-refractivity contribution is -0.384. The van der Waals surface area contributed by atoms with Crippen LogP contribution in [0.2, 0.25) is 0 Å². The molecule has 0 aliphatic carbocycles. The van der Waals surface area contributed by atoms with E-state index >= 15 is 0 Å². The van der Waals surface area contributed by atoms with E-state index in [1.54, 1.807) is 31.4 Å². The van der Waals surface area contributed by atoms with Crippen molar-refractivity contribution in [3.8, 4) is 5.75 Å². The minimum absolute atomic E-state index is 0.123. The van der Waals surface area contributed by atoms with Gasteiger partial charge in [-0.05, 0) is 34.7 Å². The topological polar surface area (TPSA) is 58.8 Å². The van der Waals surface area contributed by atoms with Crippen LogP contribution in [0.25, 0.3) is 16.8 Å². The van der Waals surface area contributed by atoms with Crippen molar-refractivity contribution in [3.63, 3.8) is 0 Å². The van der Waals surface area contributed by atoms with Crippen LogP contribution in [0.4, 0.5) is 5.69 Å². The molecule has 1 aliphatic rings. The van der Waals surface area contributed by atoms with Crippen molar-refractivity contribution in [2.45, 2.75) is 6.54 Å². The van der Waals surface area contributed by atoms with Gasteiger partial charge in [0.05, 0.1) is 12.0 Å². The number of nitrogens with zero attached hydrogens (tertiary/aromatic N) is 3. The predicted octanol–water partition coefficient (Wildman–Crippen LogP) is 4.59. The van der Waals surface area contributed by atoms with Gasteiger partial charge in [0.25, 0.3) is 5.69 Å². The summed E-state index contributed by atoms with van der Waals surface area (Å²) in [6, 6.07) is 19.3. The quantitative estimate of drug-likeness (QED) is 0.416. The van der Waals surface area contributed by atoms with Gasteiger partial charge < -0.3 is 4.74 Å². The highest BCUT2D eigenvalue weighted by Crippen LogP contribution is 2.29. The number of fused-ring (bicyclic) bond motifs is 1. The molecule has 160 valence electrons. The number of ether oxygens (including phenoxy) is 1. The van der Waals surface area contributed by atoms with Crippen molar-refractivity contribution < 1.29 is 9.66 Å². The fraction of sp³-hybridized carbons (Fsp3) is 0.280. The Hall–Kier alpha value is -3.22. The van der Waals surface area contributed by atoms with Crippen LogP contribution in [-0.4, -0.2) is 54.6 Å². The predicted molar refractivity (Wildman–Crippen MR) is 124 cm³/mol. The lowest BCUT2D eigenvalue weighted by Gasteiger charge is -2.34. The zero-order valence-corrected chi connectivity index (χ0v) is 17.7. The monoisotopic (exact) mass is 417 g/mol. The Morgan fingerprint density at radius 3 is 2.29 bits per heavy atom. The van der Waals surface area contributed by atoms with E-state index in [1.165, 1.54) is 10.9 Å². The molecule has 1 heterocycles. The first-order valence-electron chi connectivity index (χ1n) is 10.5. The second-order valence-corrected chi connectivity index (χ2v) is 7.80. The van der Waals surface area contributed by atoms with Gasteiger partial charge in [-0.25, -0.2) is 0 Å². The van der Waals surface area contributed by atoms with Gasteiger partial charge in [0, 0.05) is 56.8 Å². The number of hydrogen-bond donors (Lipinski definition) is 0. The zero-order valence-electron chi connectivity index (χ0n) is 17.7. The summed E-state index contributed by atoms with van der Waals surface area (Å²) >= 11 is 0. The fourth-order valence-electron chi connectivity index (χ4n) is 4.07. The second kappa shape index (κ2) is 9.73. The van der Waals surface area contributed by atoms with Gasteiger partial charge in [-0.15, -0.1) is 0 Å². The summed E-state index contributed by atoms with van der Waals surface area (Å²) < 4.78 is 5.52. The number of nitro groups is 1. The molecule has 1 saturated heterocycles. The molecular weight excluding hydrogens is 390 g/mol. The summed E-state index contributed by atoms with van der Waals surface area (Å²) in [5.41, 5.74) is 2.44. The first-order valence-corrected chi connectivity index (χ1v) is 10.5. The van der Waals surface area contributed by atoms with Crippen LogP contribution in [0.1, 0.15) is 11.1 Å². The maximum Gasteiger partial charge on any atom is 0.269 e. The minimum Gasteiger partial charge on any atom is -0.496 e. The van der Waals surface area contributed by atoms with Crippen LogP contribution < -0.4 is 4.74 Å². The molecule has 1 fully saturated rings. The normalized spacial score (nSPS) is 15.5. The minimum atomic E-state index is -0.373. The Balaban J connectivity index is 1.30. The Morgan fingerprint density at radius 1 is 0.935 bits per heavy atom. The fourth-order valence-corrected chi connectivity index (χ4v) is 4.07. The Bertz CT molecular complexity index is 1070. The summed E-state index contributed by atoms with van der Waals surface area (Å²) in [5, 5.41) is 13.2. The Labute approximate surface area is 182 Å². The van der Waals surface area contributed by atoms with E-state index in [9.17, 15) is 10.1 Å². The summed E-state index contributed by atoms with van der Waals surface area (Å²) in [7, 11) is 1.72. The van der Waals surface area contributed by atoms with E-state index in [4.69, 9.17) is 4.74 Å². The molecule has 1 aliphatic heterocycles. The lowest BCUT2D eigenvalue weighted by atomic mass is 10.0. The molecule has 0 radical (unpaired) electrons. The highest BCUT2D eigenvalue weighted by atomic mass is 16.6. The average molecular weight is 418 g/mol. The molecule has 6 nitrogen and oxygen atoms in total. The number of piperazine rings is 1. The van der Waals surface area contributed by atoms with Crippen LogP contribution in [-0.2, 0) is 6.54 Å². The first kappa shape index (κ1) is 21.0. The number of methoxy groups -OCH3 is 1. The molecule has 3 aromatic rings. The number of hydrogen-bond acceptors (Lipinski definition) is 5. The van der Waals surface area contributed by atoms with Crippen LogP contribution >= 0.6 is 0 Å². The third kappa shape index (κ3) is 5.10. The highest BCUT2D eigenvalue weighted by Gasteiger charge is 2.17. The summed E-state index contributed by atoms with van der Waals surface area (Å²) in [4.78, 5) is 15.3. The number of rotatable bonds is 7. The van der Waals surface area contributed by atoms with Crippen molar-refractivity contribution in [1.82, 2.24) is 9.80 Å². The highest BCUT2D eigenvalue weighted by molar-refractivity contribution is 5.91. The number of nitro benzene ring substituents is 1. The van der Waals surface area contributed by atoms with Crippen molar-refractivity contribution in [3.05, 3.63) is 88.0 Å². The molecule has 0 spiro atoms. The van der Waals surface area contributed by atoms with Gasteiger partial charge >= 0.3 is 0 Å². The van der Waals surface area contributed by atoms with Crippen molar-refractivity contribution in [2.75, 3.05) is 39.8 Å². The first-order chi connectivity index (χ1) is 15.1.